The second kappa shape index (κ2) is 12.4. The lowest BCUT2D eigenvalue weighted by molar-refractivity contribution is -0.139. The van der Waals surface area contributed by atoms with Gasteiger partial charge in [0.2, 0.25) is 0 Å². The fourth-order valence-corrected chi connectivity index (χ4v) is 5.17. The normalized spacial score (nSPS) is 18.7. The molecule has 0 amide bonds. The number of piperidine rings is 1. The van der Waals surface area contributed by atoms with E-state index in [9.17, 15) is 19.4 Å². The van der Waals surface area contributed by atoms with Crippen molar-refractivity contribution >= 4 is 28.5 Å². The molecule has 0 aliphatic carbocycles. The zero-order chi connectivity index (χ0) is 26.4. The van der Waals surface area contributed by atoms with E-state index in [0.717, 1.165) is 35.9 Å². The van der Waals surface area contributed by atoms with Crippen molar-refractivity contribution in [2.75, 3.05) is 26.7 Å². The fraction of sp³-hybridized carbons (Fsp3) is 0.379. The molecule has 1 aliphatic rings. The molecule has 4 rings (SSSR count). The van der Waals surface area contributed by atoms with E-state index in [4.69, 9.17) is 16.3 Å². The Morgan fingerprint density at radius 2 is 2.11 bits per heavy atom. The predicted molar refractivity (Wildman–Crippen MR) is 141 cm³/mol. The topological polar surface area (TPSA) is 82.9 Å². The molecular weight excluding hydrogens is 495 g/mol. The van der Waals surface area contributed by atoms with Crippen LogP contribution in [0.5, 0.6) is 5.75 Å². The monoisotopic (exact) mass is 524 g/mol. The first-order valence-electron chi connectivity index (χ1n) is 12.3. The third-order valence-electron chi connectivity index (χ3n) is 7.02. The Bertz CT molecular complexity index is 1320. The van der Waals surface area contributed by atoms with E-state index in [1.165, 1.54) is 12.1 Å². The largest absolute Gasteiger partial charge is 0.497 e. The third-order valence-corrected chi connectivity index (χ3v) is 7.33. The molecule has 1 aromatic heterocycles. The zero-order valence-corrected chi connectivity index (χ0v) is 21.4. The number of aromatic nitrogens is 1. The average molecular weight is 525 g/mol. The van der Waals surface area contributed by atoms with Crippen LogP contribution in [0.3, 0.4) is 0 Å². The number of pyridine rings is 1. The van der Waals surface area contributed by atoms with Crippen molar-refractivity contribution in [3.63, 3.8) is 0 Å². The van der Waals surface area contributed by atoms with E-state index in [1.807, 2.05) is 24.3 Å². The molecule has 0 saturated carbocycles. The molecule has 0 radical (unpaired) electrons. The van der Waals surface area contributed by atoms with Crippen molar-refractivity contribution in [3.8, 4) is 17.6 Å². The van der Waals surface area contributed by atoms with Gasteiger partial charge in [0.05, 0.1) is 30.3 Å². The van der Waals surface area contributed by atoms with Crippen LogP contribution < -0.4 is 4.74 Å². The Balaban J connectivity index is 1.39. The Hall–Kier alpha value is -3.18. The maximum atomic E-state index is 13.6. The van der Waals surface area contributed by atoms with E-state index in [0.29, 0.717) is 30.8 Å². The first kappa shape index (κ1) is 26.9. The lowest BCUT2D eigenvalue weighted by Gasteiger charge is -2.37. The molecule has 194 valence electrons. The minimum atomic E-state index is -0.827. The van der Waals surface area contributed by atoms with Crippen molar-refractivity contribution in [2.24, 2.45) is 11.8 Å². The van der Waals surface area contributed by atoms with Crippen LogP contribution in [0, 0.1) is 29.5 Å². The van der Waals surface area contributed by atoms with Crippen LogP contribution in [0.2, 0.25) is 5.02 Å². The van der Waals surface area contributed by atoms with Gasteiger partial charge in [-0.15, -0.1) is 0 Å². The molecule has 2 aromatic carbocycles. The van der Waals surface area contributed by atoms with Gasteiger partial charge in [-0.05, 0) is 85.7 Å². The molecule has 3 atom stereocenters. The number of hydrogen-bond donors (Lipinski definition) is 2. The van der Waals surface area contributed by atoms with Crippen LogP contribution in [0.1, 0.15) is 42.9 Å². The summed E-state index contributed by atoms with van der Waals surface area (Å²) >= 11 is 5.72. The summed E-state index contributed by atoms with van der Waals surface area (Å²) in [4.78, 5) is 18.1. The van der Waals surface area contributed by atoms with Gasteiger partial charge in [0.15, 0.2) is 0 Å². The molecule has 2 heterocycles. The molecule has 37 heavy (non-hydrogen) atoms. The van der Waals surface area contributed by atoms with Gasteiger partial charge in [-0.3, -0.25) is 14.7 Å². The van der Waals surface area contributed by atoms with Crippen molar-refractivity contribution < 1.29 is 24.1 Å². The van der Waals surface area contributed by atoms with Crippen LogP contribution in [0.4, 0.5) is 4.39 Å². The summed E-state index contributed by atoms with van der Waals surface area (Å²) in [6, 6.07) is 11.9. The molecule has 0 unspecified atom stereocenters. The molecule has 8 heteroatoms. The number of rotatable bonds is 8. The van der Waals surface area contributed by atoms with Gasteiger partial charge in [0.25, 0.3) is 0 Å². The summed E-state index contributed by atoms with van der Waals surface area (Å²) in [6.07, 6.45) is 3.15. The number of hydrogen-bond acceptors (Lipinski definition) is 5. The van der Waals surface area contributed by atoms with E-state index in [-0.39, 0.29) is 23.3 Å². The second-order valence-electron chi connectivity index (χ2n) is 9.45. The molecule has 0 bridgehead atoms. The van der Waals surface area contributed by atoms with Crippen molar-refractivity contribution in [1.29, 1.82) is 0 Å². The molecule has 1 aliphatic heterocycles. The SMILES string of the molecule is COc1ccc2nccc([C@@H](O)CC[C@@H]3CCN(CC#Cc4ccc(Cl)c(F)c4)C[C@@H]3CC(=O)O)c2c1. The smallest absolute Gasteiger partial charge is 0.303 e. The first-order valence-corrected chi connectivity index (χ1v) is 12.7. The summed E-state index contributed by atoms with van der Waals surface area (Å²) in [5, 5.41) is 21.5. The fourth-order valence-electron chi connectivity index (χ4n) is 5.05. The maximum Gasteiger partial charge on any atom is 0.303 e. The summed E-state index contributed by atoms with van der Waals surface area (Å²) in [5.74, 6) is 5.54. The van der Waals surface area contributed by atoms with Crippen molar-refractivity contribution in [3.05, 3.63) is 70.6 Å². The Kier molecular flexibility index (Phi) is 8.99. The molecule has 0 spiro atoms. The van der Waals surface area contributed by atoms with Gasteiger partial charge in [0.1, 0.15) is 11.6 Å². The highest BCUT2D eigenvalue weighted by Gasteiger charge is 2.31. The number of methoxy groups -OCH3 is 1. The summed E-state index contributed by atoms with van der Waals surface area (Å²) < 4.78 is 19.0. The number of carboxylic acids is 1. The number of nitrogens with zero attached hydrogens (tertiary/aromatic N) is 2. The number of fused-ring (bicyclic) bond motifs is 1. The number of carbonyl (C=O) groups is 1. The van der Waals surface area contributed by atoms with Gasteiger partial charge in [-0.25, -0.2) is 4.39 Å². The van der Waals surface area contributed by atoms with Crippen LogP contribution >= 0.6 is 11.6 Å². The van der Waals surface area contributed by atoms with Crippen LogP contribution in [-0.4, -0.2) is 52.8 Å². The molecule has 6 nitrogen and oxygen atoms in total. The van der Waals surface area contributed by atoms with Gasteiger partial charge < -0.3 is 14.9 Å². The lowest BCUT2D eigenvalue weighted by Crippen LogP contribution is -2.41. The standard InChI is InChI=1S/C29H30ClFN2O4/c1-37-22-6-8-27-24(17-22)23(10-12-32-27)28(34)9-5-20-11-14-33(18-21(20)16-29(35)36)13-2-3-19-4-7-25(30)26(31)15-19/h4,6-8,10,12,15,17,20-21,28,34H,5,9,11,13-14,16,18H2,1H3,(H,35,36)/t20-,21+,28+/m1/s1. The summed E-state index contributed by atoms with van der Waals surface area (Å²) in [6.45, 7) is 1.88. The van der Waals surface area contributed by atoms with E-state index in [2.05, 4.69) is 21.7 Å². The number of benzene rings is 2. The van der Waals surface area contributed by atoms with E-state index < -0.39 is 17.9 Å². The Morgan fingerprint density at radius 3 is 2.86 bits per heavy atom. The number of carboxylic acid groups (broad SMARTS) is 1. The maximum absolute atomic E-state index is 13.6. The number of halogens is 2. The van der Waals surface area contributed by atoms with Gasteiger partial charge in [-0.1, -0.05) is 23.4 Å². The minimum Gasteiger partial charge on any atom is -0.497 e. The van der Waals surface area contributed by atoms with Gasteiger partial charge in [-0.2, -0.15) is 0 Å². The Morgan fingerprint density at radius 1 is 1.27 bits per heavy atom. The number of aliphatic hydroxyl groups excluding tert-OH is 1. The number of likely N-dealkylation sites (tertiary alicyclic amines) is 1. The average Bonchev–Trinajstić information content (AvgIpc) is 2.89. The van der Waals surface area contributed by atoms with Crippen molar-refractivity contribution in [1.82, 2.24) is 9.88 Å². The molecular formula is C29H30ClFN2O4. The number of ether oxygens (including phenoxy) is 1. The molecule has 1 saturated heterocycles. The third kappa shape index (κ3) is 6.98. The lowest BCUT2D eigenvalue weighted by atomic mass is 9.79. The van der Waals surface area contributed by atoms with E-state index in [1.54, 1.807) is 19.4 Å². The molecule has 2 N–H and O–H groups in total. The van der Waals surface area contributed by atoms with Crippen molar-refractivity contribution in [2.45, 2.75) is 31.8 Å². The zero-order valence-electron chi connectivity index (χ0n) is 20.7. The minimum absolute atomic E-state index is 0.0393. The quantitative estimate of drug-likeness (QED) is 0.388. The van der Waals surface area contributed by atoms with E-state index >= 15 is 0 Å². The van der Waals surface area contributed by atoms with Gasteiger partial charge in [0, 0.05) is 30.1 Å². The first-order chi connectivity index (χ1) is 17.8. The number of aliphatic carboxylic acids is 1. The highest BCUT2D eigenvalue weighted by atomic mass is 35.5. The van der Waals surface area contributed by atoms with Gasteiger partial charge >= 0.3 is 5.97 Å². The molecule has 3 aromatic rings. The summed E-state index contributed by atoms with van der Waals surface area (Å²) in [5.41, 5.74) is 2.14. The summed E-state index contributed by atoms with van der Waals surface area (Å²) in [7, 11) is 1.60. The van der Waals surface area contributed by atoms with Crippen LogP contribution in [0.25, 0.3) is 10.9 Å². The highest BCUT2D eigenvalue weighted by Crippen LogP contribution is 2.34. The van der Waals surface area contributed by atoms with Crippen LogP contribution in [-0.2, 0) is 4.79 Å². The second-order valence-corrected chi connectivity index (χ2v) is 9.86. The highest BCUT2D eigenvalue weighted by molar-refractivity contribution is 6.30. The van der Waals surface area contributed by atoms with Crippen LogP contribution in [0.15, 0.2) is 48.7 Å². The predicted octanol–water partition coefficient (Wildman–Crippen LogP) is 5.31. The molecule has 1 fully saturated rings. The Labute approximate surface area is 221 Å². The number of aliphatic hydroxyl groups is 1.